The first-order valence-electron chi connectivity index (χ1n) is 10.3. The van der Waals surface area contributed by atoms with E-state index in [2.05, 4.69) is 25.5 Å². The van der Waals surface area contributed by atoms with Gasteiger partial charge < -0.3 is 24.8 Å². The molecule has 0 radical (unpaired) electrons. The highest BCUT2D eigenvalue weighted by atomic mass is 19.4. The number of hydrogen-bond donors (Lipinski definition) is 2. The quantitative estimate of drug-likeness (QED) is 0.531. The molecule has 1 aromatic heterocycles. The second kappa shape index (κ2) is 9.81. The average Bonchev–Trinajstić information content (AvgIpc) is 3.40. The van der Waals surface area contributed by atoms with Crippen molar-refractivity contribution in [3.05, 3.63) is 71.9 Å². The van der Waals surface area contributed by atoms with Crippen molar-refractivity contribution in [1.82, 2.24) is 20.4 Å². The van der Waals surface area contributed by atoms with Crippen molar-refractivity contribution >= 4 is 17.6 Å². The van der Waals surface area contributed by atoms with E-state index < -0.39 is 18.4 Å². The highest BCUT2D eigenvalue weighted by Crippen LogP contribution is 2.33. The van der Waals surface area contributed by atoms with E-state index in [9.17, 15) is 22.8 Å². The van der Waals surface area contributed by atoms with Crippen LogP contribution >= 0.6 is 0 Å². The third-order valence-electron chi connectivity index (χ3n) is 5.05. The average molecular weight is 475 g/mol. The number of aromatic nitrogens is 2. The molecule has 12 heteroatoms. The summed E-state index contributed by atoms with van der Waals surface area (Å²) in [5, 5.41) is 9.16. The Hall–Kier alpha value is -4.09. The SMILES string of the molecule is O=C(NCc1noc([C@@H]2CCC(=O)N2Cc2ccc(OC(F)(F)F)cc2)n1)Nc1ccccc1. The summed E-state index contributed by atoms with van der Waals surface area (Å²) < 4.78 is 46.2. The molecular weight excluding hydrogens is 455 g/mol. The lowest BCUT2D eigenvalue weighted by Crippen LogP contribution is -2.29. The van der Waals surface area contributed by atoms with Crippen LogP contribution < -0.4 is 15.4 Å². The highest BCUT2D eigenvalue weighted by molar-refractivity contribution is 5.89. The molecule has 0 saturated carbocycles. The number of likely N-dealkylation sites (tertiary alicyclic amines) is 1. The fourth-order valence-corrected chi connectivity index (χ4v) is 3.51. The summed E-state index contributed by atoms with van der Waals surface area (Å²) in [6.07, 6.45) is -4.04. The van der Waals surface area contributed by atoms with Gasteiger partial charge in [-0.25, -0.2) is 4.79 Å². The van der Waals surface area contributed by atoms with Gasteiger partial charge in [-0.1, -0.05) is 35.5 Å². The van der Waals surface area contributed by atoms with Gasteiger partial charge in [-0.05, 0) is 36.2 Å². The Morgan fingerprint density at radius 3 is 2.59 bits per heavy atom. The summed E-state index contributed by atoms with van der Waals surface area (Å²) in [6, 6.07) is 13.3. The van der Waals surface area contributed by atoms with E-state index in [0.717, 1.165) is 0 Å². The van der Waals surface area contributed by atoms with Gasteiger partial charge in [0.1, 0.15) is 11.8 Å². The monoisotopic (exact) mass is 475 g/mol. The first kappa shape index (κ1) is 23.1. The van der Waals surface area contributed by atoms with E-state index in [1.807, 2.05) is 6.07 Å². The summed E-state index contributed by atoms with van der Waals surface area (Å²) in [5.41, 5.74) is 1.25. The van der Waals surface area contributed by atoms with E-state index in [-0.39, 0.29) is 42.9 Å². The van der Waals surface area contributed by atoms with Crippen LogP contribution in [0.25, 0.3) is 0 Å². The maximum absolute atomic E-state index is 12.4. The number of benzene rings is 2. The standard InChI is InChI=1S/C22H20F3N5O4/c23-22(24,25)33-16-8-6-14(7-9-16)13-30-17(10-11-19(30)31)20-28-18(29-34-20)12-26-21(32)27-15-4-2-1-3-5-15/h1-9,17H,10-13H2,(H2,26,27,32)/t17-/m0/s1. The van der Waals surface area contributed by atoms with Gasteiger partial charge in [0, 0.05) is 18.7 Å². The number of hydrogen-bond acceptors (Lipinski definition) is 6. The number of halogens is 3. The van der Waals surface area contributed by atoms with Crippen LogP contribution in [0.1, 0.15) is 36.2 Å². The Kier molecular flexibility index (Phi) is 6.66. The van der Waals surface area contributed by atoms with Crippen LogP contribution in [0.3, 0.4) is 0 Å². The predicted octanol–water partition coefficient (Wildman–Crippen LogP) is 4.15. The van der Waals surface area contributed by atoms with E-state index in [1.165, 1.54) is 29.2 Å². The maximum Gasteiger partial charge on any atom is 0.573 e. The van der Waals surface area contributed by atoms with Crippen molar-refractivity contribution < 1.29 is 32.0 Å². The summed E-state index contributed by atoms with van der Waals surface area (Å²) in [6.45, 7) is 0.175. The first-order chi connectivity index (χ1) is 16.3. The minimum Gasteiger partial charge on any atom is -0.406 e. The fraction of sp³-hybridized carbons (Fsp3) is 0.273. The lowest BCUT2D eigenvalue weighted by Gasteiger charge is -2.22. The van der Waals surface area contributed by atoms with Crippen LogP contribution in [0.15, 0.2) is 59.1 Å². The molecule has 3 amide bonds. The summed E-state index contributed by atoms with van der Waals surface area (Å²) in [7, 11) is 0. The number of nitrogens with one attached hydrogen (secondary N) is 2. The molecule has 1 atom stereocenters. The normalized spacial score (nSPS) is 15.9. The molecule has 3 aromatic rings. The molecule has 0 aliphatic carbocycles. The molecule has 34 heavy (non-hydrogen) atoms. The third-order valence-corrected chi connectivity index (χ3v) is 5.05. The number of alkyl halides is 3. The van der Waals surface area contributed by atoms with Crippen molar-refractivity contribution in [1.29, 1.82) is 0 Å². The maximum atomic E-state index is 12.4. The summed E-state index contributed by atoms with van der Waals surface area (Å²) >= 11 is 0. The van der Waals surface area contributed by atoms with Gasteiger partial charge in [0.2, 0.25) is 11.8 Å². The van der Waals surface area contributed by atoms with E-state index in [1.54, 1.807) is 24.3 Å². The van der Waals surface area contributed by atoms with E-state index >= 15 is 0 Å². The largest absolute Gasteiger partial charge is 0.573 e. The van der Waals surface area contributed by atoms with Gasteiger partial charge in [0.05, 0.1) is 6.54 Å². The van der Waals surface area contributed by atoms with Crippen LogP contribution in [0.2, 0.25) is 0 Å². The van der Waals surface area contributed by atoms with Crippen molar-refractivity contribution in [2.75, 3.05) is 5.32 Å². The smallest absolute Gasteiger partial charge is 0.406 e. The van der Waals surface area contributed by atoms with Gasteiger partial charge in [-0.2, -0.15) is 4.98 Å². The molecule has 1 fully saturated rings. The number of carbonyl (C=O) groups is 2. The minimum atomic E-state index is -4.77. The Bertz CT molecular complexity index is 1140. The van der Waals surface area contributed by atoms with Gasteiger partial charge >= 0.3 is 12.4 Å². The van der Waals surface area contributed by atoms with Crippen LogP contribution in [0.4, 0.5) is 23.7 Å². The number of nitrogens with zero attached hydrogens (tertiary/aromatic N) is 3. The van der Waals surface area contributed by atoms with E-state index in [4.69, 9.17) is 4.52 Å². The Balaban J connectivity index is 1.35. The van der Waals surface area contributed by atoms with Crippen LogP contribution in [0.5, 0.6) is 5.75 Å². The molecule has 2 N–H and O–H groups in total. The number of amides is 3. The molecule has 0 bridgehead atoms. The zero-order valence-corrected chi connectivity index (χ0v) is 17.7. The number of rotatable bonds is 7. The number of ether oxygens (including phenoxy) is 1. The molecule has 4 rings (SSSR count). The summed E-state index contributed by atoms with van der Waals surface area (Å²) in [4.78, 5) is 30.3. The van der Waals surface area contributed by atoms with Crippen LogP contribution in [0, 0.1) is 0 Å². The van der Waals surface area contributed by atoms with Crippen LogP contribution in [-0.4, -0.2) is 33.3 Å². The number of anilines is 1. The Morgan fingerprint density at radius 1 is 1.15 bits per heavy atom. The molecule has 1 aliphatic heterocycles. The lowest BCUT2D eigenvalue weighted by molar-refractivity contribution is -0.274. The van der Waals surface area contributed by atoms with Crippen molar-refractivity contribution in [2.45, 2.75) is 38.3 Å². The van der Waals surface area contributed by atoms with Gasteiger partial charge in [-0.15, -0.1) is 13.2 Å². The molecule has 0 unspecified atom stereocenters. The van der Waals surface area contributed by atoms with Crippen molar-refractivity contribution in [3.8, 4) is 5.75 Å². The Morgan fingerprint density at radius 2 is 1.88 bits per heavy atom. The number of urea groups is 1. The zero-order chi connectivity index (χ0) is 24.1. The number of carbonyl (C=O) groups excluding carboxylic acids is 2. The predicted molar refractivity (Wildman–Crippen MR) is 112 cm³/mol. The van der Waals surface area contributed by atoms with Gasteiger partial charge in [0.25, 0.3) is 0 Å². The first-order valence-corrected chi connectivity index (χ1v) is 10.3. The molecule has 1 saturated heterocycles. The van der Waals surface area contributed by atoms with Gasteiger partial charge in [-0.3, -0.25) is 4.79 Å². The lowest BCUT2D eigenvalue weighted by atomic mass is 10.1. The minimum absolute atomic E-state index is 0.0174. The second-order valence-corrected chi connectivity index (χ2v) is 7.49. The highest BCUT2D eigenvalue weighted by Gasteiger charge is 2.36. The van der Waals surface area contributed by atoms with Crippen LogP contribution in [-0.2, 0) is 17.9 Å². The molecule has 2 aromatic carbocycles. The topological polar surface area (TPSA) is 110 Å². The molecule has 9 nitrogen and oxygen atoms in total. The number of para-hydroxylation sites is 1. The van der Waals surface area contributed by atoms with Crippen molar-refractivity contribution in [2.24, 2.45) is 0 Å². The van der Waals surface area contributed by atoms with Crippen molar-refractivity contribution in [3.63, 3.8) is 0 Å². The summed E-state index contributed by atoms with van der Waals surface area (Å²) in [5.74, 6) is -0.0130. The Labute approximate surface area is 191 Å². The van der Waals surface area contributed by atoms with Gasteiger partial charge in [0.15, 0.2) is 5.82 Å². The molecule has 0 spiro atoms. The molecule has 178 valence electrons. The third kappa shape index (κ3) is 6.03. The molecule has 1 aliphatic rings. The zero-order valence-electron chi connectivity index (χ0n) is 17.7. The molecular formula is C22H20F3N5O4. The van der Waals surface area contributed by atoms with E-state index in [0.29, 0.717) is 17.7 Å². The molecule has 2 heterocycles. The fourth-order valence-electron chi connectivity index (χ4n) is 3.51. The second-order valence-electron chi connectivity index (χ2n) is 7.49.